The van der Waals surface area contributed by atoms with E-state index >= 15 is 0 Å². The van der Waals surface area contributed by atoms with Crippen LogP contribution >= 0.6 is 11.3 Å². The number of nitrogens with one attached hydrogen (secondary N) is 2. The zero-order valence-electron chi connectivity index (χ0n) is 25.6. The lowest BCUT2D eigenvalue weighted by molar-refractivity contribution is -0.142. The molecule has 3 N–H and O–H groups in total. The topological polar surface area (TPSA) is 158 Å². The number of carbonyl (C=O) groups is 5. The van der Waals surface area contributed by atoms with Crippen LogP contribution in [0.25, 0.3) is 11.3 Å². The Bertz CT molecular complexity index is 1370. The quantitative estimate of drug-likeness (QED) is 0.370. The van der Waals surface area contributed by atoms with E-state index in [-0.39, 0.29) is 23.4 Å². The number of aromatic carboxylic acids is 1. The molecule has 13 heteroatoms. The van der Waals surface area contributed by atoms with Gasteiger partial charge in [0.1, 0.15) is 34.9 Å². The van der Waals surface area contributed by atoms with Gasteiger partial charge in [0.25, 0.3) is 0 Å². The van der Waals surface area contributed by atoms with Crippen LogP contribution in [-0.4, -0.2) is 87.5 Å². The number of nitrogens with zero attached hydrogens (tertiary/aromatic N) is 3. The molecule has 1 saturated heterocycles. The normalized spacial score (nSPS) is 17.9. The van der Waals surface area contributed by atoms with Crippen LogP contribution in [0, 0.1) is 5.92 Å². The molecule has 1 unspecified atom stereocenters. The van der Waals surface area contributed by atoms with Crippen molar-refractivity contribution in [3.05, 3.63) is 35.3 Å². The summed E-state index contributed by atoms with van der Waals surface area (Å²) in [5, 5.41) is 15.4. The molecule has 1 saturated carbocycles. The number of ether oxygens (including phenoxy) is 1. The lowest BCUT2D eigenvalue weighted by Gasteiger charge is -2.35. The Morgan fingerprint density at radius 3 is 2.39 bits per heavy atom. The number of likely N-dealkylation sites (tertiary alicyclic amines) is 1. The Morgan fingerprint density at radius 2 is 1.75 bits per heavy atom. The van der Waals surface area contributed by atoms with Crippen molar-refractivity contribution in [2.45, 2.75) is 83.4 Å². The first-order valence-corrected chi connectivity index (χ1v) is 15.8. The number of benzene rings is 1. The number of likely N-dealkylation sites (N-methyl/N-ethyl adjacent to an activating group) is 1. The molecule has 2 aliphatic rings. The third-order valence-electron chi connectivity index (χ3n) is 7.72. The van der Waals surface area contributed by atoms with E-state index in [4.69, 9.17) is 4.74 Å². The fourth-order valence-corrected chi connectivity index (χ4v) is 6.48. The van der Waals surface area contributed by atoms with Crippen molar-refractivity contribution in [2.24, 2.45) is 5.92 Å². The highest BCUT2D eigenvalue weighted by molar-refractivity contribution is 7.18. The summed E-state index contributed by atoms with van der Waals surface area (Å²) in [5.41, 5.74) is 0.283. The van der Waals surface area contributed by atoms with Crippen LogP contribution in [0.15, 0.2) is 30.3 Å². The van der Waals surface area contributed by atoms with Crippen molar-refractivity contribution in [1.29, 1.82) is 0 Å². The van der Waals surface area contributed by atoms with Gasteiger partial charge in [-0.05, 0) is 52.4 Å². The molecular formula is C31H41N5O7S. The summed E-state index contributed by atoms with van der Waals surface area (Å²) in [6.45, 7) is 5.28. The molecule has 1 aromatic carbocycles. The molecular weight excluding hydrogens is 586 g/mol. The van der Waals surface area contributed by atoms with E-state index in [1.807, 2.05) is 6.07 Å². The van der Waals surface area contributed by atoms with Gasteiger partial charge in [-0.25, -0.2) is 14.6 Å². The molecule has 2 heterocycles. The number of carbonyl (C=O) groups excluding carboxylic acids is 4. The average Bonchev–Trinajstić information content (AvgIpc) is 3.64. The highest BCUT2D eigenvalue weighted by atomic mass is 32.1. The van der Waals surface area contributed by atoms with Crippen LogP contribution in [0.3, 0.4) is 0 Å². The number of hydrogen-bond acceptors (Lipinski definition) is 8. The minimum absolute atomic E-state index is 0.0966. The molecule has 44 heavy (non-hydrogen) atoms. The third kappa shape index (κ3) is 8.34. The first kappa shape index (κ1) is 32.9. The van der Waals surface area contributed by atoms with Crippen LogP contribution in [-0.2, 0) is 19.1 Å². The second kappa shape index (κ2) is 14.2. The fourth-order valence-electron chi connectivity index (χ4n) is 5.65. The van der Waals surface area contributed by atoms with E-state index in [9.17, 15) is 29.1 Å². The van der Waals surface area contributed by atoms with Crippen molar-refractivity contribution < 1.29 is 33.8 Å². The molecule has 238 valence electrons. The predicted molar refractivity (Wildman–Crippen MR) is 165 cm³/mol. The van der Waals surface area contributed by atoms with E-state index in [1.165, 1.54) is 16.8 Å². The van der Waals surface area contributed by atoms with E-state index in [2.05, 4.69) is 15.6 Å². The summed E-state index contributed by atoms with van der Waals surface area (Å²) in [5.74, 6) is -2.55. The van der Waals surface area contributed by atoms with Crippen LogP contribution in [0.5, 0.6) is 0 Å². The number of hydrogen-bond donors (Lipinski definition) is 3. The summed E-state index contributed by atoms with van der Waals surface area (Å²) < 4.78 is 5.34. The Kier molecular flexibility index (Phi) is 10.6. The van der Waals surface area contributed by atoms with E-state index in [0.717, 1.165) is 43.4 Å². The number of amides is 4. The number of anilines is 1. The number of thiazole rings is 1. The Labute approximate surface area is 261 Å². The van der Waals surface area contributed by atoms with Crippen LogP contribution < -0.4 is 10.6 Å². The molecule has 0 radical (unpaired) electrons. The second-order valence-electron chi connectivity index (χ2n) is 12.3. The zero-order valence-corrected chi connectivity index (χ0v) is 26.4. The van der Waals surface area contributed by atoms with Crippen molar-refractivity contribution in [1.82, 2.24) is 20.1 Å². The van der Waals surface area contributed by atoms with E-state index in [0.29, 0.717) is 35.6 Å². The number of rotatable bonds is 9. The molecule has 4 rings (SSSR count). The monoisotopic (exact) mass is 627 g/mol. The van der Waals surface area contributed by atoms with Gasteiger partial charge in [-0.2, -0.15) is 0 Å². The Balaban J connectivity index is 1.50. The lowest BCUT2D eigenvalue weighted by Crippen LogP contribution is -2.56. The van der Waals surface area contributed by atoms with Gasteiger partial charge in [0.2, 0.25) is 22.7 Å². The van der Waals surface area contributed by atoms with Crippen molar-refractivity contribution in [3.63, 3.8) is 0 Å². The van der Waals surface area contributed by atoms with Gasteiger partial charge in [0.15, 0.2) is 0 Å². The summed E-state index contributed by atoms with van der Waals surface area (Å²) in [4.78, 5) is 71.8. The molecule has 2 atom stereocenters. The maximum absolute atomic E-state index is 14.1. The van der Waals surface area contributed by atoms with Crippen molar-refractivity contribution in [2.75, 3.05) is 25.5 Å². The highest BCUT2D eigenvalue weighted by Gasteiger charge is 2.41. The van der Waals surface area contributed by atoms with E-state index < -0.39 is 41.6 Å². The zero-order chi connectivity index (χ0) is 32.0. The molecule has 0 spiro atoms. The minimum atomic E-state index is -1.20. The van der Waals surface area contributed by atoms with Gasteiger partial charge in [0.05, 0.1) is 0 Å². The summed E-state index contributed by atoms with van der Waals surface area (Å²) in [7, 11) is 1.46. The molecule has 12 nitrogen and oxygen atoms in total. The maximum Gasteiger partial charge on any atom is 0.410 e. The Hall–Kier alpha value is -4.00. The number of carboxylic acids is 1. The van der Waals surface area contributed by atoms with Gasteiger partial charge < -0.3 is 30.3 Å². The predicted octanol–water partition coefficient (Wildman–Crippen LogP) is 4.37. The largest absolute Gasteiger partial charge is 0.476 e. The molecule has 1 aliphatic heterocycles. The first-order chi connectivity index (χ1) is 20.8. The molecule has 1 aliphatic carbocycles. The average molecular weight is 628 g/mol. The minimum Gasteiger partial charge on any atom is -0.476 e. The molecule has 1 aromatic heterocycles. The van der Waals surface area contributed by atoms with Gasteiger partial charge in [-0.3, -0.25) is 14.4 Å². The van der Waals surface area contributed by atoms with Crippen molar-refractivity contribution >= 4 is 46.1 Å². The van der Waals surface area contributed by atoms with Gasteiger partial charge in [-0.15, -0.1) is 0 Å². The molecule has 4 amide bonds. The molecule has 2 aromatic rings. The van der Waals surface area contributed by atoms with E-state index in [1.54, 1.807) is 45.0 Å². The number of carboxylic acid groups (broad SMARTS) is 1. The first-order valence-electron chi connectivity index (χ1n) is 15.0. The fraction of sp³-hybridized carbons (Fsp3) is 0.548. The van der Waals surface area contributed by atoms with Gasteiger partial charge in [-0.1, -0.05) is 60.9 Å². The SMILES string of the molecule is CN(CC(=O)NC(C(=O)N1CCC[C@H]1C(=O)Nc1sc(C(=O)O)nc1-c1ccccc1)C1CCCCC1)C(=O)OC(C)(C)C. The Morgan fingerprint density at radius 1 is 1.07 bits per heavy atom. The van der Waals surface area contributed by atoms with Crippen LogP contribution in [0.4, 0.5) is 9.80 Å². The smallest absolute Gasteiger partial charge is 0.410 e. The lowest BCUT2D eigenvalue weighted by atomic mass is 9.83. The maximum atomic E-state index is 14.1. The highest BCUT2D eigenvalue weighted by Crippen LogP contribution is 2.35. The van der Waals surface area contributed by atoms with Crippen LogP contribution in [0.2, 0.25) is 0 Å². The molecule has 2 fully saturated rings. The number of aromatic nitrogens is 1. The van der Waals surface area contributed by atoms with Gasteiger partial charge in [0, 0.05) is 19.2 Å². The van der Waals surface area contributed by atoms with Crippen molar-refractivity contribution in [3.8, 4) is 11.3 Å². The second-order valence-corrected chi connectivity index (χ2v) is 13.3. The summed E-state index contributed by atoms with van der Waals surface area (Å²) in [6.07, 6.45) is 4.84. The third-order valence-corrected chi connectivity index (χ3v) is 8.68. The molecule has 0 bridgehead atoms. The summed E-state index contributed by atoms with van der Waals surface area (Å²) in [6, 6.07) is 7.33. The van der Waals surface area contributed by atoms with Crippen LogP contribution in [0.1, 0.15) is 75.5 Å². The standard InChI is InChI=1S/C31H41N5O7S/c1-31(2,3)43-30(42)35(4)18-22(37)32-24(20-14-9-6-10-15-20)28(39)36-17-11-16-21(36)25(38)34-26-23(19-12-7-5-8-13-19)33-27(44-26)29(40)41/h5,7-8,12-13,20-21,24H,6,9-11,14-18H2,1-4H3,(H,32,37)(H,34,38)(H,40,41)/t21-,24?/m0/s1. The van der Waals surface area contributed by atoms with Gasteiger partial charge >= 0.3 is 12.1 Å². The summed E-state index contributed by atoms with van der Waals surface area (Å²) >= 11 is 0.862.